The van der Waals surface area contributed by atoms with Crippen LogP contribution in [0.2, 0.25) is 0 Å². The Kier molecular flexibility index (Phi) is 8.92. The van der Waals surface area contributed by atoms with Gasteiger partial charge in [0.05, 0.1) is 19.5 Å². The first-order valence-corrected chi connectivity index (χ1v) is 15.4. The summed E-state index contributed by atoms with van der Waals surface area (Å²) in [5.41, 5.74) is 4.78. The number of nitrogens with zero attached hydrogens (tertiary/aromatic N) is 6. The van der Waals surface area contributed by atoms with E-state index in [-0.39, 0.29) is 12.0 Å². The van der Waals surface area contributed by atoms with Gasteiger partial charge in [-0.15, -0.1) is 0 Å². The third kappa shape index (κ3) is 6.62. The predicted octanol–water partition coefficient (Wildman–Crippen LogP) is 4.91. The molecule has 11 heteroatoms. The minimum Gasteiger partial charge on any atom is -0.339 e. The van der Waals surface area contributed by atoms with Gasteiger partial charge < -0.3 is 4.52 Å². The van der Waals surface area contributed by atoms with Crippen LogP contribution in [-0.4, -0.2) is 47.8 Å². The zero-order valence-corrected chi connectivity index (χ0v) is 25.2. The summed E-state index contributed by atoms with van der Waals surface area (Å²) in [4.78, 5) is 40.0. The molecule has 0 unspecified atom stereocenters. The summed E-state index contributed by atoms with van der Waals surface area (Å²) in [6.07, 6.45) is 6.57. The Hall–Kier alpha value is -4.64. The van der Waals surface area contributed by atoms with Crippen LogP contribution in [0.15, 0.2) is 67.2 Å². The SMILES string of the molecule is CCCCc1nc(C)c(Cc2nc(CN3CCCCC3)no2)c(=O)n1Cc1ccc(-c2ccccc2-c2noc(=O)[nH]2)cc1. The van der Waals surface area contributed by atoms with E-state index in [0.717, 1.165) is 60.4 Å². The molecule has 44 heavy (non-hydrogen) atoms. The van der Waals surface area contributed by atoms with Crippen molar-refractivity contribution in [3.8, 4) is 22.5 Å². The van der Waals surface area contributed by atoms with Crippen molar-refractivity contribution in [1.29, 1.82) is 0 Å². The predicted molar refractivity (Wildman–Crippen MR) is 165 cm³/mol. The number of aromatic amines is 1. The fourth-order valence-electron chi connectivity index (χ4n) is 5.80. The topological polar surface area (TPSA) is 136 Å². The zero-order chi connectivity index (χ0) is 30.5. The van der Waals surface area contributed by atoms with Gasteiger partial charge in [0.15, 0.2) is 11.6 Å². The van der Waals surface area contributed by atoms with E-state index in [1.807, 2.05) is 55.5 Å². The molecule has 1 aliphatic heterocycles. The largest absolute Gasteiger partial charge is 0.439 e. The second-order valence-corrected chi connectivity index (χ2v) is 11.4. The molecule has 0 aliphatic carbocycles. The zero-order valence-electron chi connectivity index (χ0n) is 25.2. The molecule has 0 radical (unpaired) electrons. The summed E-state index contributed by atoms with van der Waals surface area (Å²) in [5.74, 6) is 1.64. The molecule has 11 nitrogen and oxygen atoms in total. The van der Waals surface area contributed by atoms with Gasteiger partial charge in [-0.3, -0.25) is 23.8 Å². The number of likely N-dealkylation sites (tertiary alicyclic amines) is 1. The molecular formula is C33H37N7O4. The van der Waals surface area contributed by atoms with Gasteiger partial charge in [-0.05, 0) is 56.0 Å². The van der Waals surface area contributed by atoms with Crippen LogP contribution in [0, 0.1) is 6.92 Å². The molecule has 1 aliphatic rings. The molecule has 5 aromatic rings. The minimum atomic E-state index is -0.600. The van der Waals surface area contributed by atoms with Crippen molar-refractivity contribution in [3.05, 3.63) is 104 Å². The van der Waals surface area contributed by atoms with Crippen molar-refractivity contribution in [2.75, 3.05) is 13.1 Å². The summed E-state index contributed by atoms with van der Waals surface area (Å²) >= 11 is 0. The molecule has 4 heterocycles. The van der Waals surface area contributed by atoms with E-state index in [1.165, 1.54) is 19.3 Å². The molecule has 6 rings (SSSR count). The summed E-state index contributed by atoms with van der Waals surface area (Å²) in [7, 11) is 0. The molecule has 1 saturated heterocycles. The standard InChI is InChI=1S/C33H37N7O4/c1-3-4-12-29-34-22(2)27(19-30-35-28(37-43-30)21-39-17-8-5-9-18-39)32(41)40(29)20-23-13-15-24(16-14-23)25-10-6-7-11-26(25)31-36-33(42)44-38-31/h6-7,10-11,13-16H,3-5,8-9,12,17-21H2,1-2H3,(H,36,38,42). The number of unbranched alkanes of at least 4 members (excludes halogenated alkanes) is 1. The number of aryl methyl sites for hydroxylation is 2. The van der Waals surface area contributed by atoms with E-state index in [2.05, 4.69) is 32.1 Å². The van der Waals surface area contributed by atoms with Gasteiger partial charge in [0.1, 0.15) is 5.82 Å². The highest BCUT2D eigenvalue weighted by molar-refractivity contribution is 5.80. The lowest BCUT2D eigenvalue weighted by Gasteiger charge is -2.24. The van der Waals surface area contributed by atoms with Crippen LogP contribution < -0.4 is 11.3 Å². The quantitative estimate of drug-likeness (QED) is 0.226. The number of nitrogens with one attached hydrogen (secondary N) is 1. The Morgan fingerprint density at radius 1 is 0.886 bits per heavy atom. The van der Waals surface area contributed by atoms with E-state index in [4.69, 9.17) is 14.0 Å². The summed E-state index contributed by atoms with van der Waals surface area (Å²) in [6, 6.07) is 15.7. The minimum absolute atomic E-state index is 0.0798. The monoisotopic (exact) mass is 595 g/mol. The maximum atomic E-state index is 14.0. The van der Waals surface area contributed by atoms with Crippen molar-refractivity contribution in [2.45, 2.75) is 71.9 Å². The number of rotatable bonds is 11. The molecule has 1 N–H and O–H groups in total. The summed E-state index contributed by atoms with van der Waals surface area (Å²) in [6.45, 7) is 7.17. The number of aromatic nitrogens is 6. The Labute approximate surface area is 255 Å². The highest BCUT2D eigenvalue weighted by Crippen LogP contribution is 2.30. The second kappa shape index (κ2) is 13.3. The van der Waals surface area contributed by atoms with Crippen LogP contribution in [0.5, 0.6) is 0 Å². The normalized spacial score (nSPS) is 13.9. The number of H-pyrrole nitrogens is 1. The van der Waals surface area contributed by atoms with Crippen LogP contribution in [0.1, 0.15) is 73.4 Å². The number of hydrogen-bond donors (Lipinski definition) is 1. The Balaban J connectivity index is 1.25. The molecule has 0 bridgehead atoms. The van der Waals surface area contributed by atoms with Gasteiger partial charge in [0.25, 0.3) is 5.56 Å². The first-order chi connectivity index (χ1) is 21.5. The van der Waals surface area contributed by atoms with Crippen LogP contribution in [0.25, 0.3) is 22.5 Å². The molecule has 2 aromatic carbocycles. The lowest BCUT2D eigenvalue weighted by Crippen LogP contribution is -2.30. The molecule has 1 fully saturated rings. The van der Waals surface area contributed by atoms with Crippen LogP contribution in [0.4, 0.5) is 0 Å². The smallest absolute Gasteiger partial charge is 0.339 e. The molecule has 0 amide bonds. The van der Waals surface area contributed by atoms with Crippen molar-refractivity contribution in [3.63, 3.8) is 0 Å². The second-order valence-electron chi connectivity index (χ2n) is 11.4. The van der Waals surface area contributed by atoms with Crippen molar-refractivity contribution >= 4 is 0 Å². The van der Waals surface area contributed by atoms with E-state index in [1.54, 1.807) is 4.57 Å². The number of hydrogen-bond acceptors (Lipinski definition) is 9. The lowest BCUT2D eigenvalue weighted by atomic mass is 9.98. The molecule has 228 valence electrons. The number of piperidine rings is 1. The maximum Gasteiger partial charge on any atom is 0.439 e. The molecule has 3 aromatic heterocycles. The third-order valence-corrected chi connectivity index (χ3v) is 8.18. The summed E-state index contributed by atoms with van der Waals surface area (Å²) < 4.78 is 12.1. The van der Waals surface area contributed by atoms with Crippen LogP contribution >= 0.6 is 0 Å². The highest BCUT2D eigenvalue weighted by atomic mass is 16.5. The van der Waals surface area contributed by atoms with Gasteiger partial charge in [-0.2, -0.15) is 4.98 Å². The third-order valence-electron chi connectivity index (χ3n) is 8.18. The average molecular weight is 596 g/mol. The lowest BCUT2D eigenvalue weighted by molar-refractivity contribution is 0.213. The van der Waals surface area contributed by atoms with E-state index >= 15 is 0 Å². The molecule has 0 spiro atoms. The molecule has 0 atom stereocenters. The molecule has 0 saturated carbocycles. The van der Waals surface area contributed by atoms with Gasteiger partial charge in [-0.25, -0.2) is 9.78 Å². The fraction of sp³-hybridized carbons (Fsp3) is 0.394. The number of benzene rings is 2. The first kappa shape index (κ1) is 29.4. The Morgan fingerprint density at radius 2 is 1.66 bits per heavy atom. The Bertz CT molecular complexity index is 1830. The van der Waals surface area contributed by atoms with Gasteiger partial charge in [-0.1, -0.05) is 78.6 Å². The van der Waals surface area contributed by atoms with E-state index in [0.29, 0.717) is 41.9 Å². The average Bonchev–Trinajstić information content (AvgIpc) is 3.69. The van der Waals surface area contributed by atoms with Crippen molar-refractivity contribution in [2.24, 2.45) is 0 Å². The van der Waals surface area contributed by atoms with Gasteiger partial charge in [0, 0.05) is 23.2 Å². The van der Waals surface area contributed by atoms with Gasteiger partial charge in [0.2, 0.25) is 5.89 Å². The maximum absolute atomic E-state index is 14.0. The van der Waals surface area contributed by atoms with Gasteiger partial charge >= 0.3 is 5.76 Å². The highest BCUT2D eigenvalue weighted by Gasteiger charge is 2.20. The van der Waals surface area contributed by atoms with Crippen molar-refractivity contribution < 1.29 is 9.05 Å². The first-order valence-electron chi connectivity index (χ1n) is 15.4. The molecular weight excluding hydrogens is 558 g/mol. The summed E-state index contributed by atoms with van der Waals surface area (Å²) in [5, 5.41) is 8.05. The van der Waals surface area contributed by atoms with Crippen molar-refractivity contribution in [1.82, 2.24) is 34.7 Å². The Morgan fingerprint density at radius 3 is 2.39 bits per heavy atom. The van der Waals surface area contributed by atoms with E-state index < -0.39 is 5.76 Å². The van der Waals surface area contributed by atoms with Crippen LogP contribution in [0.3, 0.4) is 0 Å². The van der Waals surface area contributed by atoms with Crippen LogP contribution in [-0.2, 0) is 25.9 Å². The van der Waals surface area contributed by atoms with E-state index in [9.17, 15) is 9.59 Å². The fourth-order valence-corrected chi connectivity index (χ4v) is 5.80.